The van der Waals surface area contributed by atoms with Gasteiger partial charge in [-0.25, -0.2) is 0 Å². The molecule has 0 aliphatic carbocycles. The summed E-state index contributed by atoms with van der Waals surface area (Å²) in [7, 11) is 4.05. The molecule has 0 radical (unpaired) electrons. The first-order valence-corrected chi connectivity index (χ1v) is 6.49. The van der Waals surface area contributed by atoms with E-state index in [0.717, 1.165) is 19.3 Å². The second-order valence-electron chi connectivity index (χ2n) is 5.50. The van der Waals surface area contributed by atoms with Gasteiger partial charge in [0.15, 0.2) is 0 Å². The van der Waals surface area contributed by atoms with Gasteiger partial charge >= 0.3 is 0 Å². The smallest absolute Gasteiger partial charge is 0.0436 e. The molecule has 0 aliphatic heterocycles. The maximum Gasteiger partial charge on any atom is 0.0436 e. The molecule has 0 saturated heterocycles. The molecule has 0 heterocycles. The Morgan fingerprint density at radius 1 is 1.00 bits per heavy atom. The average Bonchev–Trinajstić information content (AvgIpc) is 2.30. The summed E-state index contributed by atoms with van der Waals surface area (Å²) in [5.74, 6) is 0. The van der Waals surface area contributed by atoms with Crippen molar-refractivity contribution in [1.29, 1.82) is 0 Å². The molecule has 0 spiro atoms. The summed E-state index contributed by atoms with van der Waals surface area (Å²) in [6, 6.07) is 8.46. The fraction of sp³-hybridized carbons (Fsp3) is 0.600. The predicted octanol–water partition coefficient (Wildman–Crippen LogP) is 2.07. The number of hydrogen-bond donors (Lipinski definition) is 2. The Morgan fingerprint density at radius 3 is 1.89 bits per heavy atom. The Hall–Kier alpha value is -1.06. The number of aliphatic hydroxyl groups is 2. The fourth-order valence-corrected chi connectivity index (χ4v) is 2.25. The van der Waals surface area contributed by atoms with Crippen molar-refractivity contribution in [2.45, 2.75) is 26.2 Å². The number of hydrogen-bond acceptors (Lipinski definition) is 3. The minimum atomic E-state index is -0.0247. The summed E-state index contributed by atoms with van der Waals surface area (Å²) in [6.07, 6.45) is 2.34. The fourth-order valence-electron chi connectivity index (χ4n) is 2.25. The predicted molar refractivity (Wildman–Crippen MR) is 76.0 cm³/mol. The molecule has 0 saturated carbocycles. The Kier molecular flexibility index (Phi) is 5.63. The van der Waals surface area contributed by atoms with Crippen LogP contribution in [-0.2, 0) is 6.42 Å². The zero-order chi connectivity index (χ0) is 13.6. The first-order valence-electron chi connectivity index (χ1n) is 6.49. The van der Waals surface area contributed by atoms with Crippen LogP contribution in [0.15, 0.2) is 24.3 Å². The first kappa shape index (κ1) is 15.0. The molecule has 102 valence electrons. The molecule has 1 aromatic rings. The van der Waals surface area contributed by atoms with Crippen LogP contribution in [-0.4, -0.2) is 37.5 Å². The average molecular weight is 251 g/mol. The van der Waals surface area contributed by atoms with Crippen molar-refractivity contribution < 1.29 is 10.2 Å². The van der Waals surface area contributed by atoms with Crippen LogP contribution < -0.4 is 4.90 Å². The van der Waals surface area contributed by atoms with Gasteiger partial charge in [-0.1, -0.05) is 19.1 Å². The lowest BCUT2D eigenvalue weighted by Crippen LogP contribution is -2.23. The number of aliphatic hydroxyl groups excluding tert-OH is 2. The van der Waals surface area contributed by atoms with Gasteiger partial charge in [-0.15, -0.1) is 0 Å². The molecule has 3 nitrogen and oxygen atoms in total. The van der Waals surface area contributed by atoms with E-state index in [1.54, 1.807) is 0 Å². The van der Waals surface area contributed by atoms with Crippen molar-refractivity contribution in [2.24, 2.45) is 5.41 Å². The third-order valence-electron chi connectivity index (χ3n) is 3.51. The number of rotatable bonds is 7. The lowest BCUT2D eigenvalue weighted by molar-refractivity contribution is 0.149. The summed E-state index contributed by atoms with van der Waals surface area (Å²) in [4.78, 5) is 2.07. The zero-order valence-electron chi connectivity index (χ0n) is 11.7. The maximum atomic E-state index is 9.14. The highest BCUT2D eigenvalue weighted by Gasteiger charge is 2.23. The van der Waals surface area contributed by atoms with Gasteiger partial charge in [-0.3, -0.25) is 0 Å². The lowest BCUT2D eigenvalue weighted by atomic mass is 9.78. The van der Waals surface area contributed by atoms with Crippen LogP contribution in [0.25, 0.3) is 0 Å². The van der Waals surface area contributed by atoms with E-state index in [1.807, 2.05) is 14.1 Å². The van der Waals surface area contributed by atoms with Crippen molar-refractivity contribution in [3.8, 4) is 0 Å². The van der Waals surface area contributed by atoms with Crippen molar-refractivity contribution in [3.63, 3.8) is 0 Å². The molecule has 0 aromatic heterocycles. The lowest BCUT2D eigenvalue weighted by Gasteiger charge is -2.28. The zero-order valence-corrected chi connectivity index (χ0v) is 11.7. The second-order valence-corrected chi connectivity index (χ2v) is 5.50. The number of nitrogens with zero attached hydrogens (tertiary/aromatic N) is 1. The van der Waals surface area contributed by atoms with E-state index in [1.165, 1.54) is 11.3 Å². The van der Waals surface area contributed by atoms with Gasteiger partial charge in [0.2, 0.25) is 0 Å². The molecular weight excluding hydrogens is 226 g/mol. The van der Waals surface area contributed by atoms with E-state index >= 15 is 0 Å². The topological polar surface area (TPSA) is 43.7 Å². The van der Waals surface area contributed by atoms with Crippen LogP contribution in [0, 0.1) is 5.41 Å². The standard InChI is InChI=1S/C15H25NO2/c1-15(8-10-17,9-11-18)12-13-4-6-14(7-5-13)16(2)3/h4-7,17-18H,8-12H2,1-3H3. The molecule has 1 rings (SSSR count). The first-order chi connectivity index (χ1) is 8.50. The molecule has 1 aromatic carbocycles. The van der Waals surface area contributed by atoms with Gasteiger partial charge in [-0.05, 0) is 42.4 Å². The SMILES string of the molecule is CN(C)c1ccc(CC(C)(CCO)CCO)cc1. The molecule has 18 heavy (non-hydrogen) atoms. The molecule has 0 bridgehead atoms. The highest BCUT2D eigenvalue weighted by Crippen LogP contribution is 2.30. The van der Waals surface area contributed by atoms with Gasteiger partial charge in [0.05, 0.1) is 0 Å². The summed E-state index contributed by atoms with van der Waals surface area (Å²) in [5.41, 5.74) is 2.41. The van der Waals surface area contributed by atoms with Crippen LogP contribution in [0.3, 0.4) is 0 Å². The van der Waals surface area contributed by atoms with Gasteiger partial charge in [0.1, 0.15) is 0 Å². The van der Waals surface area contributed by atoms with Crippen LogP contribution in [0.2, 0.25) is 0 Å². The molecule has 0 atom stereocenters. The minimum absolute atomic E-state index is 0.0247. The third kappa shape index (κ3) is 4.31. The van der Waals surface area contributed by atoms with Gasteiger partial charge in [-0.2, -0.15) is 0 Å². The van der Waals surface area contributed by atoms with E-state index < -0.39 is 0 Å². The Labute approximate surface area is 110 Å². The third-order valence-corrected chi connectivity index (χ3v) is 3.51. The highest BCUT2D eigenvalue weighted by molar-refractivity contribution is 5.46. The molecular formula is C15H25NO2. The van der Waals surface area contributed by atoms with Crippen LogP contribution in [0.1, 0.15) is 25.3 Å². The largest absolute Gasteiger partial charge is 0.396 e. The summed E-state index contributed by atoms with van der Waals surface area (Å²) in [6.45, 7) is 2.47. The van der Waals surface area contributed by atoms with E-state index in [-0.39, 0.29) is 18.6 Å². The molecule has 2 N–H and O–H groups in total. The Bertz CT molecular complexity index is 340. The van der Waals surface area contributed by atoms with Gasteiger partial charge in [0.25, 0.3) is 0 Å². The highest BCUT2D eigenvalue weighted by atomic mass is 16.3. The van der Waals surface area contributed by atoms with Crippen molar-refractivity contribution in [1.82, 2.24) is 0 Å². The normalized spacial score (nSPS) is 11.6. The van der Waals surface area contributed by atoms with E-state index in [9.17, 15) is 0 Å². The maximum absolute atomic E-state index is 9.14. The summed E-state index contributed by atoms with van der Waals surface area (Å²) in [5, 5.41) is 18.3. The monoisotopic (exact) mass is 251 g/mol. The van der Waals surface area contributed by atoms with E-state index in [2.05, 4.69) is 36.1 Å². The molecule has 3 heteroatoms. The molecule has 0 fully saturated rings. The van der Waals surface area contributed by atoms with Crippen LogP contribution in [0.5, 0.6) is 0 Å². The van der Waals surface area contributed by atoms with Gasteiger partial charge in [0, 0.05) is 33.0 Å². The minimum Gasteiger partial charge on any atom is -0.396 e. The number of anilines is 1. The second kappa shape index (κ2) is 6.76. The molecule has 0 unspecified atom stereocenters. The van der Waals surface area contributed by atoms with Crippen molar-refractivity contribution in [2.75, 3.05) is 32.2 Å². The van der Waals surface area contributed by atoms with Crippen molar-refractivity contribution >= 4 is 5.69 Å². The Balaban J connectivity index is 2.74. The van der Waals surface area contributed by atoms with E-state index in [0.29, 0.717) is 0 Å². The molecule has 0 amide bonds. The Morgan fingerprint density at radius 2 is 1.50 bits per heavy atom. The summed E-state index contributed by atoms with van der Waals surface area (Å²) >= 11 is 0. The van der Waals surface area contributed by atoms with Crippen LogP contribution in [0.4, 0.5) is 5.69 Å². The number of benzene rings is 1. The van der Waals surface area contributed by atoms with Crippen molar-refractivity contribution in [3.05, 3.63) is 29.8 Å². The van der Waals surface area contributed by atoms with E-state index in [4.69, 9.17) is 10.2 Å². The van der Waals surface area contributed by atoms with Gasteiger partial charge < -0.3 is 15.1 Å². The summed E-state index contributed by atoms with van der Waals surface area (Å²) < 4.78 is 0. The molecule has 0 aliphatic rings. The quantitative estimate of drug-likeness (QED) is 0.779. The van der Waals surface area contributed by atoms with Crippen LogP contribution >= 0.6 is 0 Å².